The van der Waals surface area contributed by atoms with Crippen molar-refractivity contribution in [1.82, 2.24) is 0 Å². The van der Waals surface area contributed by atoms with E-state index in [2.05, 4.69) is 11.4 Å². The Morgan fingerprint density at radius 3 is 2.88 bits per heavy atom. The molecule has 1 aromatic rings. The van der Waals surface area contributed by atoms with E-state index in [1.165, 1.54) is 12.1 Å². The Balaban J connectivity index is 2.23. The molecule has 0 amide bonds. The summed E-state index contributed by atoms with van der Waals surface area (Å²) in [4.78, 5) is 0. The predicted molar refractivity (Wildman–Crippen MR) is 65.0 cm³/mol. The first-order valence-corrected chi connectivity index (χ1v) is 6.33. The van der Waals surface area contributed by atoms with Crippen molar-refractivity contribution < 1.29 is 4.39 Å². The molecule has 1 fully saturated rings. The molecule has 2 nitrogen and oxygen atoms in total. The monoisotopic (exact) mass is 236 g/mol. The van der Waals surface area contributed by atoms with Gasteiger partial charge in [0.1, 0.15) is 11.4 Å². The van der Waals surface area contributed by atoms with Crippen molar-refractivity contribution in [2.75, 3.05) is 16.8 Å². The summed E-state index contributed by atoms with van der Waals surface area (Å²) in [6.45, 7) is 1.84. The third kappa shape index (κ3) is 2.30. The third-order valence-corrected chi connectivity index (χ3v) is 3.85. The molecule has 1 heterocycles. The number of hydrogen-bond acceptors (Lipinski definition) is 3. The summed E-state index contributed by atoms with van der Waals surface area (Å²) in [7, 11) is 0. The van der Waals surface area contributed by atoms with Crippen molar-refractivity contribution >= 4 is 17.4 Å². The standard InChI is InChI=1S/C12H13FN2S/c1-9-4-10(13)6-11(5-9)15-12(7-14)2-3-16-8-12/h4-6,15H,2-3,8H2,1H3. The molecule has 0 spiro atoms. The lowest BCUT2D eigenvalue weighted by molar-refractivity contribution is 0.623. The van der Waals surface area contributed by atoms with Crippen molar-refractivity contribution in [2.24, 2.45) is 0 Å². The van der Waals surface area contributed by atoms with Crippen LogP contribution in [0.1, 0.15) is 12.0 Å². The highest BCUT2D eigenvalue weighted by atomic mass is 32.2. The second kappa shape index (κ2) is 4.34. The van der Waals surface area contributed by atoms with Gasteiger partial charge in [-0.25, -0.2) is 4.39 Å². The van der Waals surface area contributed by atoms with E-state index in [-0.39, 0.29) is 5.82 Å². The lowest BCUT2D eigenvalue weighted by Crippen LogP contribution is -2.36. The van der Waals surface area contributed by atoms with Crippen LogP contribution in [0.4, 0.5) is 10.1 Å². The van der Waals surface area contributed by atoms with E-state index < -0.39 is 5.54 Å². The minimum atomic E-state index is -0.523. The molecular weight excluding hydrogens is 223 g/mol. The number of thioether (sulfide) groups is 1. The van der Waals surface area contributed by atoms with Crippen LogP contribution in [0.2, 0.25) is 0 Å². The topological polar surface area (TPSA) is 35.8 Å². The van der Waals surface area contributed by atoms with Gasteiger partial charge in [-0.2, -0.15) is 17.0 Å². The number of nitrogens with zero attached hydrogens (tertiary/aromatic N) is 1. The number of benzene rings is 1. The zero-order valence-corrected chi connectivity index (χ0v) is 9.90. The smallest absolute Gasteiger partial charge is 0.135 e. The molecule has 0 bridgehead atoms. The molecule has 16 heavy (non-hydrogen) atoms. The first-order valence-electron chi connectivity index (χ1n) is 5.18. The maximum atomic E-state index is 13.2. The normalized spacial score (nSPS) is 24.1. The van der Waals surface area contributed by atoms with Gasteiger partial charge in [-0.1, -0.05) is 0 Å². The van der Waals surface area contributed by atoms with Gasteiger partial charge in [0.25, 0.3) is 0 Å². The van der Waals surface area contributed by atoms with Crippen LogP contribution in [0.5, 0.6) is 0 Å². The zero-order valence-electron chi connectivity index (χ0n) is 9.09. The number of hydrogen-bond donors (Lipinski definition) is 1. The average Bonchev–Trinajstić information content (AvgIpc) is 2.65. The van der Waals surface area contributed by atoms with Crippen LogP contribution in [0, 0.1) is 24.1 Å². The van der Waals surface area contributed by atoms with Gasteiger partial charge < -0.3 is 5.32 Å². The molecule has 0 aliphatic carbocycles. The SMILES string of the molecule is Cc1cc(F)cc(NC2(C#N)CCSC2)c1. The Labute approximate surface area is 98.8 Å². The largest absolute Gasteiger partial charge is 0.367 e. The summed E-state index contributed by atoms with van der Waals surface area (Å²) in [5.41, 5.74) is 1.04. The fourth-order valence-electron chi connectivity index (χ4n) is 1.86. The summed E-state index contributed by atoms with van der Waals surface area (Å²) in [6.07, 6.45) is 0.809. The molecule has 1 N–H and O–H groups in total. The Morgan fingerprint density at radius 1 is 1.50 bits per heavy atom. The first-order chi connectivity index (χ1) is 7.63. The Morgan fingerprint density at radius 2 is 2.31 bits per heavy atom. The molecule has 0 radical (unpaired) electrons. The minimum absolute atomic E-state index is 0.263. The highest BCUT2D eigenvalue weighted by molar-refractivity contribution is 7.99. The highest BCUT2D eigenvalue weighted by Crippen LogP contribution is 2.31. The van der Waals surface area contributed by atoms with Crippen molar-refractivity contribution in [3.05, 3.63) is 29.6 Å². The molecule has 0 saturated carbocycles. The number of anilines is 1. The maximum absolute atomic E-state index is 13.2. The number of aryl methyl sites for hydroxylation is 1. The van der Waals surface area contributed by atoms with E-state index in [1.54, 1.807) is 11.8 Å². The van der Waals surface area contributed by atoms with Crippen LogP contribution >= 0.6 is 11.8 Å². The van der Waals surface area contributed by atoms with E-state index in [0.29, 0.717) is 5.69 Å². The van der Waals surface area contributed by atoms with Gasteiger partial charge in [0.05, 0.1) is 6.07 Å². The molecule has 1 aliphatic heterocycles. The highest BCUT2D eigenvalue weighted by Gasteiger charge is 2.34. The van der Waals surface area contributed by atoms with E-state index in [4.69, 9.17) is 0 Å². The molecule has 4 heteroatoms. The van der Waals surface area contributed by atoms with Gasteiger partial charge >= 0.3 is 0 Å². The lowest BCUT2D eigenvalue weighted by Gasteiger charge is -2.22. The van der Waals surface area contributed by atoms with Gasteiger partial charge in [0, 0.05) is 11.4 Å². The first kappa shape index (κ1) is 11.3. The second-order valence-electron chi connectivity index (χ2n) is 4.14. The van der Waals surface area contributed by atoms with Gasteiger partial charge in [0.15, 0.2) is 0 Å². The quantitative estimate of drug-likeness (QED) is 0.857. The Hall–Kier alpha value is -1.21. The summed E-state index contributed by atoms with van der Waals surface area (Å²) in [6, 6.07) is 7.10. The Bertz CT molecular complexity index is 413. The molecule has 1 aliphatic rings. The molecule has 2 rings (SSSR count). The molecule has 0 aromatic heterocycles. The number of rotatable bonds is 2. The fraction of sp³-hybridized carbons (Fsp3) is 0.417. The summed E-state index contributed by atoms with van der Waals surface area (Å²) < 4.78 is 13.2. The average molecular weight is 236 g/mol. The molecule has 1 saturated heterocycles. The van der Waals surface area contributed by atoms with Crippen LogP contribution in [0.15, 0.2) is 18.2 Å². The summed E-state index contributed by atoms with van der Waals surface area (Å²) in [5.74, 6) is 1.48. The van der Waals surface area contributed by atoms with Gasteiger partial charge in [0.2, 0.25) is 0 Å². The van der Waals surface area contributed by atoms with E-state index >= 15 is 0 Å². The number of nitrogens with one attached hydrogen (secondary N) is 1. The van der Waals surface area contributed by atoms with Crippen LogP contribution < -0.4 is 5.32 Å². The zero-order chi connectivity index (χ0) is 11.6. The number of nitriles is 1. The van der Waals surface area contributed by atoms with Crippen molar-refractivity contribution in [3.8, 4) is 6.07 Å². The second-order valence-corrected chi connectivity index (χ2v) is 5.24. The molecular formula is C12H13FN2S. The van der Waals surface area contributed by atoms with Crippen LogP contribution in [-0.2, 0) is 0 Å². The lowest BCUT2D eigenvalue weighted by atomic mass is 10.0. The van der Waals surface area contributed by atoms with Crippen molar-refractivity contribution in [3.63, 3.8) is 0 Å². The molecule has 84 valence electrons. The molecule has 1 unspecified atom stereocenters. The van der Waals surface area contributed by atoms with E-state index in [9.17, 15) is 9.65 Å². The van der Waals surface area contributed by atoms with Crippen LogP contribution in [-0.4, -0.2) is 17.0 Å². The van der Waals surface area contributed by atoms with Gasteiger partial charge in [-0.15, -0.1) is 0 Å². The summed E-state index contributed by atoms with van der Waals surface area (Å²) in [5, 5.41) is 12.4. The Kier molecular flexibility index (Phi) is 3.06. The van der Waals surface area contributed by atoms with E-state index in [0.717, 1.165) is 23.5 Å². The summed E-state index contributed by atoms with van der Waals surface area (Å²) >= 11 is 1.75. The van der Waals surface area contributed by atoms with Crippen molar-refractivity contribution in [1.29, 1.82) is 5.26 Å². The van der Waals surface area contributed by atoms with Crippen molar-refractivity contribution in [2.45, 2.75) is 18.9 Å². The minimum Gasteiger partial charge on any atom is -0.367 e. The van der Waals surface area contributed by atoms with E-state index in [1.807, 2.05) is 13.0 Å². The molecule has 1 atom stereocenters. The fourth-order valence-corrected chi connectivity index (χ4v) is 3.13. The predicted octanol–water partition coefficient (Wildman–Crippen LogP) is 2.95. The van der Waals surface area contributed by atoms with Crippen LogP contribution in [0.25, 0.3) is 0 Å². The third-order valence-electron chi connectivity index (χ3n) is 2.66. The maximum Gasteiger partial charge on any atom is 0.135 e. The van der Waals surface area contributed by atoms with Gasteiger partial charge in [-0.3, -0.25) is 0 Å². The molecule has 1 aromatic carbocycles. The van der Waals surface area contributed by atoms with Gasteiger partial charge in [-0.05, 0) is 42.9 Å². The van der Waals surface area contributed by atoms with Crippen LogP contribution in [0.3, 0.4) is 0 Å². The number of halogens is 1.